The molecule has 3 aliphatic rings. The second-order valence-corrected chi connectivity index (χ2v) is 11.7. The largest absolute Gasteiger partial charge is 0.496 e. The molecule has 32 heavy (non-hydrogen) atoms. The lowest BCUT2D eigenvalue weighted by Gasteiger charge is -2.47. The van der Waals surface area contributed by atoms with Crippen LogP contribution in [0.2, 0.25) is 5.02 Å². The molecule has 178 valence electrons. The van der Waals surface area contributed by atoms with Gasteiger partial charge in [0.1, 0.15) is 5.75 Å². The zero-order chi connectivity index (χ0) is 22.9. The van der Waals surface area contributed by atoms with E-state index >= 15 is 0 Å². The van der Waals surface area contributed by atoms with Crippen LogP contribution in [0, 0.1) is 17.3 Å². The van der Waals surface area contributed by atoms with Crippen molar-refractivity contribution < 1.29 is 9.53 Å². The number of anilines is 1. The van der Waals surface area contributed by atoms with E-state index < -0.39 is 0 Å². The molecule has 0 unspecified atom stereocenters. The molecule has 4 rings (SSSR count). The Morgan fingerprint density at radius 1 is 1.12 bits per heavy atom. The first kappa shape index (κ1) is 23.7. The van der Waals surface area contributed by atoms with Crippen molar-refractivity contribution in [1.29, 1.82) is 0 Å². The minimum absolute atomic E-state index is 0.0955. The van der Waals surface area contributed by atoms with Crippen molar-refractivity contribution in [3.8, 4) is 5.75 Å². The molecule has 1 aromatic carbocycles. The molecule has 0 aromatic heterocycles. The van der Waals surface area contributed by atoms with Gasteiger partial charge in [-0.3, -0.25) is 9.69 Å². The van der Waals surface area contributed by atoms with Crippen LogP contribution in [0.25, 0.3) is 0 Å². The van der Waals surface area contributed by atoms with Crippen LogP contribution in [0.15, 0.2) is 12.1 Å². The van der Waals surface area contributed by atoms with Crippen molar-refractivity contribution >= 4 is 23.2 Å². The number of nitrogens with zero attached hydrogens (tertiary/aromatic N) is 1. The van der Waals surface area contributed by atoms with E-state index in [0.29, 0.717) is 16.3 Å². The van der Waals surface area contributed by atoms with Gasteiger partial charge in [0.05, 0.1) is 23.4 Å². The van der Waals surface area contributed by atoms with Crippen LogP contribution in [0.1, 0.15) is 76.1 Å². The average molecular weight is 462 g/mol. The van der Waals surface area contributed by atoms with Crippen LogP contribution >= 0.6 is 11.6 Å². The Kier molecular flexibility index (Phi) is 7.26. The van der Waals surface area contributed by atoms with Crippen LogP contribution in [-0.4, -0.2) is 49.6 Å². The molecule has 2 aliphatic carbocycles. The van der Waals surface area contributed by atoms with Gasteiger partial charge in [0.2, 0.25) is 0 Å². The molecular weight excluding hydrogens is 422 g/mol. The van der Waals surface area contributed by atoms with Crippen molar-refractivity contribution in [3.63, 3.8) is 0 Å². The summed E-state index contributed by atoms with van der Waals surface area (Å²) in [7, 11) is 1.60. The highest BCUT2D eigenvalue weighted by atomic mass is 35.5. The van der Waals surface area contributed by atoms with E-state index in [9.17, 15) is 4.79 Å². The third-order valence-electron chi connectivity index (χ3n) is 7.59. The smallest absolute Gasteiger partial charge is 0.255 e. The number of hydrogen-bond donors (Lipinski definition) is 2. The maximum atomic E-state index is 13.2. The van der Waals surface area contributed by atoms with Crippen molar-refractivity contribution in [1.82, 2.24) is 10.2 Å². The molecule has 1 saturated heterocycles. The van der Waals surface area contributed by atoms with Crippen molar-refractivity contribution in [2.24, 2.45) is 17.3 Å². The predicted molar refractivity (Wildman–Crippen MR) is 132 cm³/mol. The van der Waals surface area contributed by atoms with E-state index in [1.54, 1.807) is 13.2 Å². The number of halogens is 1. The van der Waals surface area contributed by atoms with Crippen LogP contribution < -0.4 is 15.4 Å². The van der Waals surface area contributed by atoms with Crippen LogP contribution in [-0.2, 0) is 0 Å². The zero-order valence-corrected chi connectivity index (χ0v) is 20.9. The second-order valence-electron chi connectivity index (χ2n) is 11.3. The number of ether oxygens (including phenoxy) is 1. The van der Waals surface area contributed by atoms with Gasteiger partial charge in [0.25, 0.3) is 5.91 Å². The summed E-state index contributed by atoms with van der Waals surface area (Å²) in [5.41, 5.74) is 1.43. The molecule has 1 heterocycles. The molecule has 3 fully saturated rings. The monoisotopic (exact) mass is 461 g/mol. The summed E-state index contributed by atoms with van der Waals surface area (Å²) in [5, 5.41) is 7.19. The van der Waals surface area contributed by atoms with Crippen molar-refractivity contribution in [2.75, 3.05) is 32.1 Å². The molecular formula is C26H40ClN3O2. The topological polar surface area (TPSA) is 53.6 Å². The van der Waals surface area contributed by atoms with Gasteiger partial charge in [-0.2, -0.15) is 0 Å². The van der Waals surface area contributed by atoms with E-state index in [0.717, 1.165) is 49.6 Å². The van der Waals surface area contributed by atoms with Gasteiger partial charge < -0.3 is 15.4 Å². The first-order valence-corrected chi connectivity index (χ1v) is 12.8. The van der Waals surface area contributed by atoms with E-state index in [4.69, 9.17) is 16.3 Å². The summed E-state index contributed by atoms with van der Waals surface area (Å²) in [6.07, 6.45) is 9.38. The molecule has 2 N–H and O–H groups in total. The summed E-state index contributed by atoms with van der Waals surface area (Å²) < 4.78 is 5.56. The number of nitrogens with one attached hydrogen (secondary N) is 2. The summed E-state index contributed by atoms with van der Waals surface area (Å²) in [5.74, 6) is 2.19. The number of methoxy groups -OCH3 is 1. The number of likely N-dealkylation sites (tertiary alicyclic amines) is 1. The van der Waals surface area contributed by atoms with Crippen molar-refractivity contribution in [3.05, 3.63) is 22.7 Å². The maximum Gasteiger partial charge on any atom is 0.255 e. The summed E-state index contributed by atoms with van der Waals surface area (Å²) in [6.45, 7) is 9.33. The van der Waals surface area contributed by atoms with E-state index in [2.05, 4.69) is 36.3 Å². The lowest BCUT2D eigenvalue weighted by molar-refractivity contribution is 0.0346. The first-order chi connectivity index (χ1) is 15.2. The van der Waals surface area contributed by atoms with Crippen molar-refractivity contribution in [2.45, 2.75) is 77.8 Å². The normalized spacial score (nSPS) is 28.4. The van der Waals surface area contributed by atoms with Crippen LogP contribution in [0.3, 0.4) is 0 Å². The molecule has 1 amide bonds. The summed E-state index contributed by atoms with van der Waals surface area (Å²) in [4.78, 5) is 15.8. The molecule has 5 nitrogen and oxygen atoms in total. The number of benzene rings is 1. The summed E-state index contributed by atoms with van der Waals surface area (Å²) >= 11 is 6.52. The molecule has 0 radical (unpaired) electrons. The lowest BCUT2D eigenvalue weighted by Crippen LogP contribution is -2.50. The number of fused-ring (bicyclic) bond motifs is 2. The van der Waals surface area contributed by atoms with Gasteiger partial charge in [-0.1, -0.05) is 45.2 Å². The van der Waals surface area contributed by atoms with E-state index in [-0.39, 0.29) is 17.4 Å². The Morgan fingerprint density at radius 3 is 2.38 bits per heavy atom. The quantitative estimate of drug-likeness (QED) is 0.580. The molecule has 6 heteroatoms. The van der Waals surface area contributed by atoms with Gasteiger partial charge in [0.15, 0.2) is 0 Å². The van der Waals surface area contributed by atoms with Gasteiger partial charge in [-0.05, 0) is 55.4 Å². The van der Waals surface area contributed by atoms with E-state index in [1.807, 2.05) is 6.07 Å². The molecule has 2 bridgehead atoms. The summed E-state index contributed by atoms with van der Waals surface area (Å²) in [6, 6.07) is 4.50. The molecule has 1 atom stereocenters. The number of hydrogen-bond acceptors (Lipinski definition) is 4. The number of carbonyl (C=O) groups is 1. The zero-order valence-electron chi connectivity index (χ0n) is 20.2. The minimum Gasteiger partial charge on any atom is -0.496 e. The molecule has 1 aromatic rings. The Hall–Kier alpha value is -1.46. The van der Waals surface area contributed by atoms with Gasteiger partial charge in [-0.25, -0.2) is 0 Å². The Balaban J connectivity index is 1.40. The number of carbonyl (C=O) groups excluding carboxylic acids is 1. The fourth-order valence-electron chi connectivity index (χ4n) is 6.07. The van der Waals surface area contributed by atoms with Gasteiger partial charge in [-0.15, -0.1) is 0 Å². The van der Waals surface area contributed by atoms with Gasteiger partial charge >= 0.3 is 0 Å². The first-order valence-electron chi connectivity index (χ1n) is 12.4. The maximum absolute atomic E-state index is 13.2. The second kappa shape index (κ2) is 9.80. The van der Waals surface area contributed by atoms with Gasteiger partial charge in [0, 0.05) is 37.8 Å². The number of amides is 1. The van der Waals surface area contributed by atoms with E-state index in [1.165, 1.54) is 38.5 Å². The standard InChI is InChI=1S/C26H40ClN3O2/c1-26(2,3)16-28-22-14-23(32-4)20(13-21(22)27)25(31)29-19-11-12-30(15-19)24-17-7-5-8-18(24)10-6-9-17/h13-14,17-19,24,28H,5-12,15-16H2,1-4H3,(H,29,31)/t17?,18?,19-,24?/m0/s1. The molecule has 2 saturated carbocycles. The van der Waals surface area contributed by atoms with Crippen LogP contribution in [0.4, 0.5) is 5.69 Å². The average Bonchev–Trinajstić information content (AvgIpc) is 3.19. The predicted octanol–water partition coefficient (Wildman–Crippen LogP) is 5.58. The highest BCUT2D eigenvalue weighted by Gasteiger charge is 2.42. The lowest BCUT2D eigenvalue weighted by atomic mass is 9.68. The molecule has 1 aliphatic heterocycles. The third-order valence-corrected chi connectivity index (χ3v) is 7.90. The highest BCUT2D eigenvalue weighted by Crippen LogP contribution is 2.43. The SMILES string of the molecule is COc1cc(NCC(C)(C)C)c(Cl)cc1C(=O)N[C@H]1CCN(C2C3CCCC2CCC3)C1. The number of rotatable bonds is 6. The fourth-order valence-corrected chi connectivity index (χ4v) is 6.30. The highest BCUT2D eigenvalue weighted by molar-refractivity contribution is 6.33. The minimum atomic E-state index is -0.0955. The third kappa shape index (κ3) is 5.36. The Bertz CT molecular complexity index is 800. The molecule has 0 spiro atoms. The Morgan fingerprint density at radius 2 is 1.78 bits per heavy atom. The Labute approximate surface area is 198 Å². The van der Waals surface area contributed by atoms with Crippen LogP contribution in [0.5, 0.6) is 5.75 Å². The fraction of sp³-hybridized carbons (Fsp3) is 0.731.